The van der Waals surface area contributed by atoms with E-state index in [0.29, 0.717) is 30.7 Å². The molecule has 0 aliphatic heterocycles. The number of rotatable bonds is 4. The fourth-order valence-corrected chi connectivity index (χ4v) is 2.71. The molecule has 0 spiro atoms. The summed E-state index contributed by atoms with van der Waals surface area (Å²) in [6.07, 6.45) is 5.14. The Bertz CT molecular complexity index is 259. The molecule has 2 aliphatic carbocycles. The Labute approximate surface area is 84.5 Å². The minimum Gasteiger partial charge on any atom is -0.356 e. The predicted molar refractivity (Wildman–Crippen MR) is 52.2 cm³/mol. The van der Waals surface area contributed by atoms with Gasteiger partial charge in [-0.15, -0.1) is 0 Å². The fourth-order valence-electron chi connectivity index (χ4n) is 2.71. The maximum absolute atomic E-state index is 11.6. The zero-order chi connectivity index (χ0) is 9.97. The molecule has 14 heavy (non-hydrogen) atoms. The van der Waals surface area contributed by atoms with Gasteiger partial charge in [-0.3, -0.25) is 4.79 Å². The number of hydrogen-bond donors (Lipinski definition) is 1. The minimum atomic E-state index is 0.234. The first-order chi connectivity index (χ1) is 6.84. The van der Waals surface area contributed by atoms with Gasteiger partial charge in [0.2, 0.25) is 5.91 Å². The first-order valence-electron chi connectivity index (χ1n) is 5.49. The van der Waals surface area contributed by atoms with Crippen LogP contribution in [-0.2, 0) is 4.79 Å². The molecule has 2 rings (SSSR count). The molecule has 2 fully saturated rings. The van der Waals surface area contributed by atoms with Crippen molar-refractivity contribution >= 4 is 5.91 Å². The van der Waals surface area contributed by atoms with Crippen LogP contribution in [0.1, 0.15) is 32.1 Å². The molecular weight excluding hydrogens is 176 g/mol. The van der Waals surface area contributed by atoms with Gasteiger partial charge < -0.3 is 5.32 Å². The van der Waals surface area contributed by atoms with Gasteiger partial charge >= 0.3 is 0 Å². The van der Waals surface area contributed by atoms with Crippen molar-refractivity contribution in [1.82, 2.24) is 5.32 Å². The SMILES string of the molecule is N#CCCCNC(=O)C1C2CCCC21. The van der Waals surface area contributed by atoms with Crippen LogP contribution in [-0.4, -0.2) is 12.5 Å². The monoisotopic (exact) mass is 192 g/mol. The fraction of sp³-hybridized carbons (Fsp3) is 0.818. The number of unbranched alkanes of at least 4 members (excludes halogenated alkanes) is 1. The first-order valence-corrected chi connectivity index (χ1v) is 5.49. The number of amides is 1. The van der Waals surface area contributed by atoms with Crippen molar-refractivity contribution in [2.75, 3.05) is 6.54 Å². The largest absolute Gasteiger partial charge is 0.356 e. The third-order valence-corrected chi connectivity index (χ3v) is 3.47. The summed E-state index contributed by atoms with van der Waals surface area (Å²) >= 11 is 0. The van der Waals surface area contributed by atoms with E-state index >= 15 is 0 Å². The van der Waals surface area contributed by atoms with Crippen LogP contribution in [0.4, 0.5) is 0 Å². The van der Waals surface area contributed by atoms with Gasteiger partial charge in [0.25, 0.3) is 0 Å². The van der Waals surface area contributed by atoms with Crippen LogP contribution in [0, 0.1) is 29.1 Å². The quantitative estimate of drug-likeness (QED) is 0.685. The third kappa shape index (κ3) is 1.75. The van der Waals surface area contributed by atoms with Crippen molar-refractivity contribution in [3.63, 3.8) is 0 Å². The molecule has 3 heteroatoms. The molecule has 3 nitrogen and oxygen atoms in total. The Morgan fingerprint density at radius 1 is 1.43 bits per heavy atom. The lowest BCUT2D eigenvalue weighted by Crippen LogP contribution is -2.27. The van der Waals surface area contributed by atoms with Crippen molar-refractivity contribution in [1.29, 1.82) is 5.26 Å². The summed E-state index contributed by atoms with van der Waals surface area (Å²) in [7, 11) is 0. The summed E-state index contributed by atoms with van der Waals surface area (Å²) in [5.41, 5.74) is 0. The van der Waals surface area contributed by atoms with Crippen LogP contribution in [0.2, 0.25) is 0 Å². The van der Waals surface area contributed by atoms with Gasteiger partial charge in [0.1, 0.15) is 0 Å². The molecule has 0 bridgehead atoms. The Kier molecular flexibility index (Phi) is 2.72. The lowest BCUT2D eigenvalue weighted by atomic mass is 10.1. The van der Waals surface area contributed by atoms with Crippen LogP contribution >= 0.6 is 0 Å². The number of nitriles is 1. The molecule has 0 aromatic rings. The molecule has 0 heterocycles. The number of carbonyl (C=O) groups excluding carboxylic acids is 1. The van der Waals surface area contributed by atoms with Crippen LogP contribution in [0.25, 0.3) is 0 Å². The zero-order valence-corrected chi connectivity index (χ0v) is 8.33. The molecule has 1 amide bonds. The summed E-state index contributed by atoms with van der Waals surface area (Å²) in [6, 6.07) is 2.07. The second-order valence-corrected chi connectivity index (χ2v) is 4.34. The summed E-state index contributed by atoms with van der Waals surface area (Å²) in [5, 5.41) is 11.2. The summed E-state index contributed by atoms with van der Waals surface area (Å²) in [4.78, 5) is 11.6. The highest BCUT2D eigenvalue weighted by atomic mass is 16.2. The Morgan fingerprint density at radius 2 is 2.14 bits per heavy atom. The van der Waals surface area contributed by atoms with Crippen LogP contribution in [0.3, 0.4) is 0 Å². The van der Waals surface area contributed by atoms with Gasteiger partial charge in [-0.25, -0.2) is 0 Å². The van der Waals surface area contributed by atoms with Gasteiger partial charge in [-0.1, -0.05) is 6.42 Å². The summed E-state index contributed by atoms with van der Waals surface area (Å²) in [5.74, 6) is 1.96. The zero-order valence-electron chi connectivity index (χ0n) is 8.33. The van der Waals surface area contributed by atoms with E-state index in [-0.39, 0.29) is 5.91 Å². The topological polar surface area (TPSA) is 52.9 Å². The van der Waals surface area contributed by atoms with Gasteiger partial charge in [-0.2, -0.15) is 5.26 Å². The lowest BCUT2D eigenvalue weighted by molar-refractivity contribution is -0.123. The average Bonchev–Trinajstić information content (AvgIpc) is 2.67. The molecule has 76 valence electrons. The van der Waals surface area contributed by atoms with E-state index in [1.807, 2.05) is 0 Å². The van der Waals surface area contributed by atoms with E-state index in [1.165, 1.54) is 19.3 Å². The van der Waals surface area contributed by atoms with Crippen molar-refractivity contribution in [3.8, 4) is 6.07 Å². The molecule has 0 aromatic heterocycles. The maximum Gasteiger partial charge on any atom is 0.223 e. The van der Waals surface area contributed by atoms with Crippen LogP contribution < -0.4 is 5.32 Å². The van der Waals surface area contributed by atoms with Gasteiger partial charge in [0.15, 0.2) is 0 Å². The Balaban J connectivity index is 1.63. The normalized spacial score (nSPS) is 33.2. The standard InChI is InChI=1S/C11H16N2O/c12-6-1-2-7-13-11(14)10-8-4-3-5-9(8)10/h8-10H,1-5,7H2,(H,13,14). The number of nitrogens with one attached hydrogen (secondary N) is 1. The highest BCUT2D eigenvalue weighted by Gasteiger charge is 2.56. The van der Waals surface area contributed by atoms with E-state index in [4.69, 9.17) is 5.26 Å². The number of nitrogens with zero attached hydrogens (tertiary/aromatic N) is 1. The molecule has 2 unspecified atom stereocenters. The third-order valence-electron chi connectivity index (χ3n) is 3.47. The van der Waals surface area contributed by atoms with Gasteiger partial charge in [0.05, 0.1) is 6.07 Å². The minimum absolute atomic E-state index is 0.234. The molecule has 0 radical (unpaired) electrons. The second-order valence-electron chi connectivity index (χ2n) is 4.34. The van der Waals surface area contributed by atoms with E-state index in [0.717, 1.165) is 6.42 Å². The summed E-state index contributed by atoms with van der Waals surface area (Å²) < 4.78 is 0. The predicted octanol–water partition coefficient (Wildman–Crippen LogP) is 1.45. The van der Waals surface area contributed by atoms with Crippen molar-refractivity contribution < 1.29 is 4.79 Å². The Hall–Kier alpha value is -1.04. The Morgan fingerprint density at radius 3 is 2.79 bits per heavy atom. The van der Waals surface area contributed by atoms with Gasteiger partial charge in [0, 0.05) is 18.9 Å². The number of carbonyl (C=O) groups is 1. The van der Waals surface area contributed by atoms with Crippen molar-refractivity contribution in [3.05, 3.63) is 0 Å². The molecule has 0 saturated heterocycles. The lowest BCUT2D eigenvalue weighted by Gasteiger charge is -2.04. The van der Waals surface area contributed by atoms with E-state index in [2.05, 4.69) is 11.4 Å². The average molecular weight is 192 g/mol. The first kappa shape index (κ1) is 9.51. The number of hydrogen-bond acceptors (Lipinski definition) is 2. The molecular formula is C11H16N2O. The van der Waals surface area contributed by atoms with Crippen molar-refractivity contribution in [2.24, 2.45) is 17.8 Å². The van der Waals surface area contributed by atoms with Gasteiger partial charge in [-0.05, 0) is 31.1 Å². The van der Waals surface area contributed by atoms with Crippen LogP contribution in [0.5, 0.6) is 0 Å². The van der Waals surface area contributed by atoms with E-state index in [9.17, 15) is 4.79 Å². The van der Waals surface area contributed by atoms with Crippen LogP contribution in [0.15, 0.2) is 0 Å². The van der Waals surface area contributed by atoms with E-state index in [1.54, 1.807) is 0 Å². The molecule has 2 aliphatic rings. The second kappa shape index (κ2) is 4.00. The molecule has 1 N–H and O–H groups in total. The van der Waals surface area contributed by atoms with E-state index < -0.39 is 0 Å². The smallest absolute Gasteiger partial charge is 0.223 e. The highest BCUT2D eigenvalue weighted by molar-refractivity contribution is 5.82. The summed E-state index contributed by atoms with van der Waals surface area (Å²) in [6.45, 7) is 0.669. The highest BCUT2D eigenvalue weighted by Crippen LogP contribution is 2.57. The maximum atomic E-state index is 11.6. The number of fused-ring (bicyclic) bond motifs is 1. The molecule has 0 aromatic carbocycles. The molecule has 2 saturated carbocycles. The van der Waals surface area contributed by atoms with Crippen molar-refractivity contribution in [2.45, 2.75) is 32.1 Å². The molecule has 2 atom stereocenters.